The third kappa shape index (κ3) is 5.35. The van der Waals surface area contributed by atoms with E-state index in [4.69, 9.17) is 18.9 Å². The predicted octanol–water partition coefficient (Wildman–Crippen LogP) is 5.17. The minimum absolute atomic E-state index is 0.290. The average molecular weight is 429 g/mol. The number of ether oxygens (including phenoxy) is 4. The minimum Gasteiger partial charge on any atom is -0.493 e. The summed E-state index contributed by atoms with van der Waals surface area (Å²) in [6.45, 7) is 2.50. The zero-order valence-corrected chi connectivity index (χ0v) is 17.9. The van der Waals surface area contributed by atoms with Crippen LogP contribution >= 0.6 is 0 Å². The smallest absolute Gasteiger partial charge is 0.363 e. The lowest BCUT2D eigenvalue weighted by molar-refractivity contribution is -0.130. The molecule has 0 unspecified atom stereocenters. The largest absolute Gasteiger partial charge is 0.493 e. The fourth-order valence-corrected chi connectivity index (χ4v) is 3.16. The number of esters is 1. The van der Waals surface area contributed by atoms with Gasteiger partial charge in [-0.25, -0.2) is 9.79 Å². The lowest BCUT2D eigenvalue weighted by atomic mass is 10.2. The van der Waals surface area contributed by atoms with Crippen molar-refractivity contribution in [3.05, 3.63) is 95.2 Å². The van der Waals surface area contributed by atoms with Crippen molar-refractivity contribution in [1.29, 1.82) is 0 Å². The van der Waals surface area contributed by atoms with E-state index in [1.165, 1.54) is 0 Å². The van der Waals surface area contributed by atoms with Crippen LogP contribution in [0.5, 0.6) is 17.2 Å². The van der Waals surface area contributed by atoms with E-state index in [2.05, 4.69) is 4.99 Å². The molecular formula is C26H23NO5. The molecule has 0 saturated heterocycles. The van der Waals surface area contributed by atoms with Gasteiger partial charge in [0.05, 0.1) is 7.11 Å². The normalized spacial score (nSPS) is 14.1. The summed E-state index contributed by atoms with van der Waals surface area (Å²) in [4.78, 5) is 15.7. The monoisotopic (exact) mass is 429 g/mol. The summed E-state index contributed by atoms with van der Waals surface area (Å²) in [6.07, 6.45) is 1.68. The fourth-order valence-electron chi connectivity index (χ4n) is 3.16. The van der Waals surface area contributed by atoms with Crippen LogP contribution in [0, 0.1) is 0 Å². The van der Waals surface area contributed by atoms with Crippen molar-refractivity contribution in [3.63, 3.8) is 0 Å². The van der Waals surface area contributed by atoms with Gasteiger partial charge in [-0.05, 0) is 47.0 Å². The Hall–Kier alpha value is -4.06. The van der Waals surface area contributed by atoms with Gasteiger partial charge in [0, 0.05) is 6.92 Å². The quantitative estimate of drug-likeness (QED) is 0.365. The first kappa shape index (κ1) is 21.2. The Labute approximate surface area is 186 Å². The SMILES string of the molecule is COc1cc(COc2ccc(/C=C3/N=C(C)OC3=O)cc2)ccc1OCc1ccccc1. The van der Waals surface area contributed by atoms with E-state index in [1.807, 2.05) is 72.8 Å². The summed E-state index contributed by atoms with van der Waals surface area (Å²) in [5, 5.41) is 0. The molecule has 0 bridgehead atoms. The van der Waals surface area contributed by atoms with Gasteiger partial charge in [0.1, 0.15) is 19.0 Å². The number of rotatable bonds is 8. The highest BCUT2D eigenvalue weighted by Gasteiger charge is 2.19. The second-order valence-corrected chi connectivity index (χ2v) is 7.17. The van der Waals surface area contributed by atoms with Crippen molar-refractivity contribution in [2.75, 3.05) is 7.11 Å². The molecule has 162 valence electrons. The van der Waals surface area contributed by atoms with E-state index >= 15 is 0 Å². The summed E-state index contributed by atoms with van der Waals surface area (Å²) in [7, 11) is 1.62. The molecule has 0 fully saturated rings. The van der Waals surface area contributed by atoms with Crippen LogP contribution in [-0.2, 0) is 22.7 Å². The van der Waals surface area contributed by atoms with Crippen LogP contribution in [0.4, 0.5) is 0 Å². The van der Waals surface area contributed by atoms with Crippen LogP contribution in [0.2, 0.25) is 0 Å². The Morgan fingerprint density at radius 1 is 0.875 bits per heavy atom. The summed E-state index contributed by atoms with van der Waals surface area (Å²) >= 11 is 0. The van der Waals surface area contributed by atoms with Gasteiger partial charge in [-0.1, -0.05) is 48.5 Å². The minimum atomic E-state index is -0.437. The van der Waals surface area contributed by atoms with E-state index < -0.39 is 5.97 Å². The molecule has 1 aliphatic heterocycles. The molecule has 1 heterocycles. The standard InChI is InChI=1S/C26H23NO5/c1-18-27-23(26(28)32-18)14-19-8-11-22(12-9-19)30-17-21-10-13-24(25(15-21)29-2)31-16-20-6-4-3-5-7-20/h3-15H,16-17H2,1-2H3/b23-14+. The molecule has 0 radical (unpaired) electrons. The second-order valence-electron chi connectivity index (χ2n) is 7.17. The molecule has 0 aromatic heterocycles. The molecular weight excluding hydrogens is 406 g/mol. The average Bonchev–Trinajstić information content (AvgIpc) is 3.14. The summed E-state index contributed by atoms with van der Waals surface area (Å²) in [5.41, 5.74) is 3.17. The van der Waals surface area contributed by atoms with Crippen molar-refractivity contribution in [1.82, 2.24) is 0 Å². The lowest BCUT2D eigenvalue weighted by Crippen LogP contribution is -2.00. The Balaban J connectivity index is 1.36. The molecule has 3 aromatic carbocycles. The third-order valence-corrected chi connectivity index (χ3v) is 4.78. The van der Waals surface area contributed by atoms with Crippen LogP contribution in [0.25, 0.3) is 6.08 Å². The third-order valence-electron chi connectivity index (χ3n) is 4.78. The number of methoxy groups -OCH3 is 1. The number of cyclic esters (lactones) is 1. The molecule has 4 rings (SSSR count). The highest BCUT2D eigenvalue weighted by Crippen LogP contribution is 2.29. The molecule has 0 aliphatic carbocycles. The van der Waals surface area contributed by atoms with Gasteiger partial charge in [0.2, 0.25) is 0 Å². The molecule has 3 aromatic rings. The highest BCUT2D eigenvalue weighted by atomic mass is 16.6. The first-order valence-corrected chi connectivity index (χ1v) is 10.2. The Morgan fingerprint density at radius 2 is 1.62 bits per heavy atom. The van der Waals surface area contributed by atoms with Crippen LogP contribution in [-0.4, -0.2) is 19.0 Å². The Kier molecular flexibility index (Phi) is 6.51. The van der Waals surface area contributed by atoms with Gasteiger partial charge in [-0.15, -0.1) is 0 Å². The number of nitrogens with zero attached hydrogens (tertiary/aromatic N) is 1. The predicted molar refractivity (Wildman–Crippen MR) is 122 cm³/mol. The summed E-state index contributed by atoms with van der Waals surface area (Å²) in [6, 6.07) is 23.1. The van der Waals surface area contributed by atoms with Crippen molar-refractivity contribution in [2.45, 2.75) is 20.1 Å². The molecule has 0 atom stereocenters. The molecule has 6 nitrogen and oxygen atoms in total. The van der Waals surface area contributed by atoms with E-state index in [0.29, 0.717) is 36.4 Å². The van der Waals surface area contributed by atoms with E-state index in [0.717, 1.165) is 16.7 Å². The number of carbonyl (C=O) groups excluding carboxylic acids is 1. The summed E-state index contributed by atoms with van der Waals surface area (Å²) in [5.74, 6) is 1.97. The molecule has 0 amide bonds. The van der Waals surface area contributed by atoms with E-state index in [1.54, 1.807) is 20.1 Å². The van der Waals surface area contributed by atoms with Gasteiger partial charge in [0.25, 0.3) is 0 Å². The van der Waals surface area contributed by atoms with Gasteiger partial charge in [-0.3, -0.25) is 0 Å². The number of hydrogen-bond acceptors (Lipinski definition) is 6. The molecule has 6 heteroatoms. The fraction of sp³-hybridized carbons (Fsp3) is 0.154. The summed E-state index contributed by atoms with van der Waals surface area (Å²) < 4.78 is 22.2. The zero-order chi connectivity index (χ0) is 22.3. The van der Waals surface area contributed by atoms with E-state index in [-0.39, 0.29) is 5.70 Å². The Morgan fingerprint density at radius 3 is 2.31 bits per heavy atom. The highest BCUT2D eigenvalue weighted by molar-refractivity contribution is 6.06. The van der Waals surface area contributed by atoms with Gasteiger partial charge in [0.15, 0.2) is 23.1 Å². The number of carbonyl (C=O) groups is 1. The molecule has 0 saturated carbocycles. The first-order chi connectivity index (χ1) is 15.6. The molecule has 1 aliphatic rings. The Bertz CT molecular complexity index is 1150. The van der Waals surface area contributed by atoms with Crippen LogP contribution in [0.15, 0.2) is 83.5 Å². The van der Waals surface area contributed by atoms with E-state index in [9.17, 15) is 4.79 Å². The van der Waals surface area contributed by atoms with Gasteiger partial charge in [-0.2, -0.15) is 0 Å². The van der Waals surface area contributed by atoms with Crippen LogP contribution in [0.1, 0.15) is 23.6 Å². The molecule has 0 spiro atoms. The number of hydrogen-bond donors (Lipinski definition) is 0. The lowest BCUT2D eigenvalue weighted by Gasteiger charge is -2.13. The molecule has 32 heavy (non-hydrogen) atoms. The topological polar surface area (TPSA) is 66.3 Å². The van der Waals surface area contributed by atoms with Gasteiger partial charge < -0.3 is 18.9 Å². The second kappa shape index (κ2) is 9.83. The maximum absolute atomic E-state index is 11.7. The van der Waals surface area contributed by atoms with Gasteiger partial charge >= 0.3 is 5.97 Å². The maximum atomic E-state index is 11.7. The van der Waals surface area contributed by atoms with Crippen LogP contribution in [0.3, 0.4) is 0 Å². The van der Waals surface area contributed by atoms with Crippen molar-refractivity contribution >= 4 is 17.9 Å². The van der Waals surface area contributed by atoms with Crippen molar-refractivity contribution in [3.8, 4) is 17.2 Å². The maximum Gasteiger partial charge on any atom is 0.363 e. The molecule has 0 N–H and O–H groups in total. The van der Waals surface area contributed by atoms with Crippen molar-refractivity contribution in [2.24, 2.45) is 4.99 Å². The van der Waals surface area contributed by atoms with Crippen molar-refractivity contribution < 1.29 is 23.7 Å². The number of benzene rings is 3. The van der Waals surface area contributed by atoms with Crippen LogP contribution < -0.4 is 14.2 Å². The zero-order valence-electron chi connectivity index (χ0n) is 17.9. The first-order valence-electron chi connectivity index (χ1n) is 10.2. The number of aliphatic imine (C=N–C) groups is 1.